The van der Waals surface area contributed by atoms with Gasteiger partial charge in [-0.15, -0.1) is 0 Å². The molecular formula is C24H34N2O3. The second kappa shape index (κ2) is 9.95. The van der Waals surface area contributed by atoms with E-state index in [4.69, 9.17) is 4.74 Å². The number of hydrogen-bond donors (Lipinski definition) is 0. The molecule has 0 saturated carbocycles. The van der Waals surface area contributed by atoms with E-state index in [1.807, 2.05) is 24.3 Å². The van der Waals surface area contributed by atoms with Gasteiger partial charge in [0.05, 0.1) is 12.2 Å². The van der Waals surface area contributed by atoms with Gasteiger partial charge in [-0.25, -0.2) is 0 Å². The van der Waals surface area contributed by atoms with Crippen molar-refractivity contribution in [2.75, 3.05) is 26.2 Å². The molecule has 5 nitrogen and oxygen atoms in total. The third-order valence-electron chi connectivity index (χ3n) is 5.72. The van der Waals surface area contributed by atoms with Crippen LogP contribution in [0.25, 0.3) is 5.57 Å². The minimum Gasteiger partial charge on any atom is -0.494 e. The van der Waals surface area contributed by atoms with E-state index >= 15 is 0 Å². The topological polar surface area (TPSA) is 49.9 Å². The standard InChI is InChI=1S/C24H34N2O3/c1-4-6-7-15-26-23(27)21(19-10-12-20(13-11-19)29-16-5-2)22(24(26)28)25-14-8-9-18(3)17-25/h10-13,18H,4-9,14-17H2,1-3H3. The molecule has 0 radical (unpaired) electrons. The molecule has 1 aromatic rings. The van der Waals surface area contributed by atoms with Crippen LogP contribution in [0, 0.1) is 5.92 Å². The van der Waals surface area contributed by atoms with Crippen molar-refractivity contribution >= 4 is 17.4 Å². The van der Waals surface area contributed by atoms with Crippen molar-refractivity contribution in [1.29, 1.82) is 0 Å². The molecule has 5 heteroatoms. The Hall–Kier alpha value is -2.30. The van der Waals surface area contributed by atoms with Crippen molar-refractivity contribution in [1.82, 2.24) is 9.80 Å². The fraction of sp³-hybridized carbons (Fsp3) is 0.583. The molecule has 0 bridgehead atoms. The van der Waals surface area contributed by atoms with Gasteiger partial charge in [0, 0.05) is 19.6 Å². The lowest BCUT2D eigenvalue weighted by atomic mass is 9.97. The van der Waals surface area contributed by atoms with Crippen LogP contribution in [-0.4, -0.2) is 47.9 Å². The molecule has 1 aromatic carbocycles. The molecule has 2 amide bonds. The largest absolute Gasteiger partial charge is 0.494 e. The minimum atomic E-state index is -0.151. The van der Waals surface area contributed by atoms with Crippen molar-refractivity contribution < 1.29 is 14.3 Å². The SMILES string of the molecule is CCCCCN1C(=O)C(c2ccc(OCCC)cc2)=C(N2CCCC(C)C2)C1=O. The van der Waals surface area contributed by atoms with Crippen LogP contribution in [0.5, 0.6) is 5.75 Å². The monoisotopic (exact) mass is 398 g/mol. The van der Waals surface area contributed by atoms with E-state index in [0.29, 0.717) is 30.3 Å². The van der Waals surface area contributed by atoms with Crippen molar-refractivity contribution in [3.63, 3.8) is 0 Å². The van der Waals surface area contributed by atoms with Crippen LogP contribution < -0.4 is 4.74 Å². The van der Waals surface area contributed by atoms with Crippen LogP contribution in [0.3, 0.4) is 0 Å². The van der Waals surface area contributed by atoms with Crippen molar-refractivity contribution in [3.05, 3.63) is 35.5 Å². The second-order valence-corrected chi connectivity index (χ2v) is 8.26. The Labute approximate surface area is 174 Å². The van der Waals surface area contributed by atoms with E-state index in [1.54, 1.807) is 0 Å². The van der Waals surface area contributed by atoms with Gasteiger partial charge in [0.1, 0.15) is 11.4 Å². The van der Waals surface area contributed by atoms with Gasteiger partial charge in [-0.05, 0) is 49.3 Å². The molecule has 1 atom stereocenters. The van der Waals surface area contributed by atoms with Crippen LogP contribution in [0.1, 0.15) is 64.9 Å². The Kier molecular flexibility index (Phi) is 7.34. The Morgan fingerprint density at radius 2 is 1.79 bits per heavy atom. The van der Waals surface area contributed by atoms with E-state index in [1.165, 1.54) is 11.3 Å². The number of hydrogen-bond acceptors (Lipinski definition) is 4. The van der Waals surface area contributed by atoms with Gasteiger partial charge in [0.25, 0.3) is 11.8 Å². The molecule has 0 aromatic heterocycles. The third-order valence-corrected chi connectivity index (χ3v) is 5.72. The Bertz CT molecular complexity index is 754. The fourth-order valence-electron chi connectivity index (χ4n) is 4.17. The number of likely N-dealkylation sites (tertiary alicyclic amines) is 1. The summed E-state index contributed by atoms with van der Waals surface area (Å²) >= 11 is 0. The lowest BCUT2D eigenvalue weighted by Gasteiger charge is -2.33. The number of unbranched alkanes of at least 4 members (excludes halogenated alkanes) is 2. The van der Waals surface area contributed by atoms with Crippen LogP contribution in [-0.2, 0) is 9.59 Å². The van der Waals surface area contributed by atoms with Crippen LogP contribution >= 0.6 is 0 Å². The van der Waals surface area contributed by atoms with Gasteiger partial charge in [-0.3, -0.25) is 14.5 Å². The van der Waals surface area contributed by atoms with Gasteiger partial charge in [-0.2, -0.15) is 0 Å². The maximum Gasteiger partial charge on any atom is 0.277 e. The van der Waals surface area contributed by atoms with E-state index in [-0.39, 0.29) is 11.8 Å². The van der Waals surface area contributed by atoms with Gasteiger partial charge >= 0.3 is 0 Å². The molecule has 158 valence electrons. The predicted molar refractivity (Wildman–Crippen MR) is 115 cm³/mol. The molecule has 1 unspecified atom stereocenters. The summed E-state index contributed by atoms with van der Waals surface area (Å²) in [6.45, 7) is 9.25. The zero-order chi connectivity index (χ0) is 20.8. The number of ether oxygens (including phenoxy) is 1. The smallest absolute Gasteiger partial charge is 0.277 e. The Morgan fingerprint density at radius 1 is 1.03 bits per heavy atom. The molecule has 0 spiro atoms. The third kappa shape index (κ3) is 4.82. The second-order valence-electron chi connectivity index (χ2n) is 8.26. The first-order valence-corrected chi connectivity index (χ1v) is 11.1. The summed E-state index contributed by atoms with van der Waals surface area (Å²) in [5, 5.41) is 0. The number of nitrogens with zero attached hydrogens (tertiary/aromatic N) is 2. The van der Waals surface area contributed by atoms with E-state index in [9.17, 15) is 9.59 Å². The van der Waals surface area contributed by atoms with Crippen LogP contribution in [0.4, 0.5) is 0 Å². The molecular weight excluding hydrogens is 364 g/mol. The number of carbonyl (C=O) groups is 2. The predicted octanol–water partition coefficient (Wildman–Crippen LogP) is 4.48. The number of imide groups is 1. The number of rotatable bonds is 9. The van der Waals surface area contributed by atoms with Gasteiger partial charge in [0.15, 0.2) is 0 Å². The van der Waals surface area contributed by atoms with Crippen molar-refractivity contribution in [2.24, 2.45) is 5.92 Å². The van der Waals surface area contributed by atoms with Crippen LogP contribution in [0.2, 0.25) is 0 Å². The average molecular weight is 399 g/mol. The molecule has 3 rings (SSSR count). The maximum absolute atomic E-state index is 13.3. The Balaban J connectivity index is 1.92. The molecule has 2 aliphatic heterocycles. The van der Waals surface area contributed by atoms with Gasteiger partial charge in [0.2, 0.25) is 0 Å². The normalized spacial score (nSPS) is 20.0. The van der Waals surface area contributed by atoms with E-state index in [0.717, 1.165) is 56.5 Å². The highest BCUT2D eigenvalue weighted by molar-refractivity contribution is 6.35. The van der Waals surface area contributed by atoms with Crippen LogP contribution in [0.15, 0.2) is 30.0 Å². The molecule has 0 N–H and O–H groups in total. The first-order valence-electron chi connectivity index (χ1n) is 11.1. The minimum absolute atomic E-state index is 0.124. The first kappa shape index (κ1) is 21.4. The zero-order valence-corrected chi connectivity index (χ0v) is 18.1. The molecule has 1 saturated heterocycles. The first-order chi connectivity index (χ1) is 14.1. The molecule has 0 aliphatic carbocycles. The van der Waals surface area contributed by atoms with Crippen molar-refractivity contribution in [2.45, 2.75) is 59.3 Å². The number of amides is 2. The summed E-state index contributed by atoms with van der Waals surface area (Å²) in [5.41, 5.74) is 1.96. The maximum atomic E-state index is 13.3. The average Bonchev–Trinajstić information content (AvgIpc) is 2.97. The highest BCUT2D eigenvalue weighted by atomic mass is 16.5. The lowest BCUT2D eigenvalue weighted by molar-refractivity contribution is -0.137. The Morgan fingerprint density at radius 3 is 2.45 bits per heavy atom. The molecule has 1 fully saturated rings. The number of benzene rings is 1. The summed E-state index contributed by atoms with van der Waals surface area (Å²) in [4.78, 5) is 30.2. The van der Waals surface area contributed by atoms with E-state index < -0.39 is 0 Å². The zero-order valence-electron chi connectivity index (χ0n) is 18.1. The molecule has 29 heavy (non-hydrogen) atoms. The summed E-state index contributed by atoms with van der Waals surface area (Å²) < 4.78 is 5.68. The van der Waals surface area contributed by atoms with Gasteiger partial charge in [-0.1, -0.05) is 45.7 Å². The summed E-state index contributed by atoms with van der Waals surface area (Å²) in [5.74, 6) is 1.04. The lowest BCUT2D eigenvalue weighted by Crippen LogP contribution is -2.39. The quantitative estimate of drug-likeness (QED) is 0.455. The fourth-order valence-corrected chi connectivity index (χ4v) is 4.17. The summed E-state index contributed by atoms with van der Waals surface area (Å²) in [6.07, 6.45) is 6.11. The molecule has 2 aliphatic rings. The molecule has 2 heterocycles. The number of carbonyl (C=O) groups excluding carboxylic acids is 2. The highest BCUT2D eigenvalue weighted by Crippen LogP contribution is 2.34. The highest BCUT2D eigenvalue weighted by Gasteiger charge is 2.41. The summed E-state index contributed by atoms with van der Waals surface area (Å²) in [6, 6.07) is 7.61. The summed E-state index contributed by atoms with van der Waals surface area (Å²) in [7, 11) is 0. The van der Waals surface area contributed by atoms with E-state index in [2.05, 4.69) is 25.7 Å². The number of piperidine rings is 1. The van der Waals surface area contributed by atoms with Gasteiger partial charge < -0.3 is 9.64 Å². The van der Waals surface area contributed by atoms with Crippen molar-refractivity contribution in [3.8, 4) is 5.75 Å².